The largest absolute Gasteiger partial charge is 0.418 e. The molecule has 0 saturated heterocycles. The number of halogens is 3. The Morgan fingerprint density at radius 2 is 1.48 bits per heavy atom. The molecule has 0 amide bonds. The number of rotatable bonds is 2. The minimum atomic E-state index is -4.50. The molecule has 0 bridgehead atoms. The number of para-hydroxylation sites is 2. The summed E-state index contributed by atoms with van der Waals surface area (Å²) in [5.74, 6) is 0. The third-order valence-electron chi connectivity index (χ3n) is 4.90. The molecular weight excluding hydrogens is 377 g/mol. The fraction of sp³-hybridized carbons (Fsp3) is 0.0435. The van der Waals surface area contributed by atoms with Gasteiger partial charge in [0.15, 0.2) is 5.58 Å². The van der Waals surface area contributed by atoms with Gasteiger partial charge in [-0.1, -0.05) is 59.8 Å². The van der Waals surface area contributed by atoms with Crippen molar-refractivity contribution in [3.8, 4) is 22.4 Å². The van der Waals surface area contributed by atoms with Gasteiger partial charge in [-0.25, -0.2) is 0 Å². The van der Waals surface area contributed by atoms with Crippen LogP contribution in [0.25, 0.3) is 44.3 Å². The van der Waals surface area contributed by atoms with Crippen molar-refractivity contribution in [2.24, 2.45) is 0 Å². The van der Waals surface area contributed by atoms with Crippen LogP contribution in [-0.2, 0) is 6.18 Å². The zero-order chi connectivity index (χ0) is 20.0. The second-order valence-electron chi connectivity index (χ2n) is 6.64. The monoisotopic (exact) mass is 390 g/mol. The molecule has 2 heterocycles. The van der Waals surface area contributed by atoms with Crippen LogP contribution >= 0.6 is 0 Å². The molecule has 3 nitrogen and oxygen atoms in total. The van der Waals surface area contributed by atoms with Gasteiger partial charge in [0.2, 0.25) is 0 Å². The lowest BCUT2D eigenvalue weighted by atomic mass is 9.92. The van der Waals surface area contributed by atoms with Crippen LogP contribution in [0.5, 0.6) is 0 Å². The predicted molar refractivity (Wildman–Crippen MR) is 105 cm³/mol. The topological polar surface area (TPSA) is 38.9 Å². The zero-order valence-corrected chi connectivity index (χ0v) is 14.9. The Labute approximate surface area is 163 Å². The second-order valence-corrected chi connectivity index (χ2v) is 6.64. The van der Waals surface area contributed by atoms with E-state index in [-0.39, 0.29) is 5.52 Å². The van der Waals surface area contributed by atoms with Gasteiger partial charge in [-0.05, 0) is 23.8 Å². The van der Waals surface area contributed by atoms with Gasteiger partial charge in [-0.3, -0.25) is 4.98 Å². The number of alkyl halides is 3. The summed E-state index contributed by atoms with van der Waals surface area (Å²) in [6.45, 7) is 0. The predicted octanol–water partition coefficient (Wildman–Crippen LogP) is 6.73. The number of hydrogen-bond donors (Lipinski definition) is 0. The average Bonchev–Trinajstić information content (AvgIpc) is 3.16. The first kappa shape index (κ1) is 17.4. The van der Waals surface area contributed by atoms with E-state index in [1.807, 2.05) is 48.5 Å². The van der Waals surface area contributed by atoms with Crippen LogP contribution in [0, 0.1) is 0 Å². The average molecular weight is 390 g/mol. The SMILES string of the molecule is FC(F)(F)c1cccc2c(-c3ccccc3)c(-c3noc4ccccc34)cnc12. The molecule has 6 heteroatoms. The molecule has 142 valence electrons. The van der Waals surface area contributed by atoms with Crippen molar-refractivity contribution >= 4 is 21.9 Å². The van der Waals surface area contributed by atoms with E-state index in [1.54, 1.807) is 12.1 Å². The van der Waals surface area contributed by atoms with Crippen LogP contribution in [0.2, 0.25) is 0 Å². The van der Waals surface area contributed by atoms with Gasteiger partial charge in [0.1, 0.15) is 5.69 Å². The highest BCUT2D eigenvalue weighted by atomic mass is 19.4. The molecule has 0 spiro atoms. The van der Waals surface area contributed by atoms with E-state index in [2.05, 4.69) is 10.1 Å². The minimum Gasteiger partial charge on any atom is -0.356 e. The Kier molecular flexibility index (Phi) is 3.87. The minimum absolute atomic E-state index is 0.0876. The summed E-state index contributed by atoms with van der Waals surface area (Å²) < 4.78 is 46.1. The lowest BCUT2D eigenvalue weighted by molar-refractivity contribution is -0.136. The number of nitrogens with zero attached hydrogens (tertiary/aromatic N) is 2. The summed E-state index contributed by atoms with van der Waals surface area (Å²) in [5.41, 5.74) is 2.34. The first-order valence-corrected chi connectivity index (χ1v) is 8.93. The Hall–Kier alpha value is -3.67. The maximum Gasteiger partial charge on any atom is 0.418 e. The van der Waals surface area contributed by atoms with E-state index in [0.717, 1.165) is 17.0 Å². The number of aromatic nitrogens is 2. The van der Waals surface area contributed by atoms with E-state index in [1.165, 1.54) is 12.3 Å². The van der Waals surface area contributed by atoms with E-state index in [9.17, 15) is 13.2 Å². The van der Waals surface area contributed by atoms with Crippen LogP contribution in [-0.4, -0.2) is 10.1 Å². The molecular formula is C23H13F3N2O. The van der Waals surface area contributed by atoms with Crippen LogP contribution < -0.4 is 0 Å². The van der Waals surface area contributed by atoms with Crippen LogP contribution in [0.15, 0.2) is 83.5 Å². The standard InChI is InChI=1S/C23H13F3N2O/c24-23(25,26)18-11-6-10-16-20(14-7-2-1-3-8-14)17(13-27-22(16)18)21-15-9-4-5-12-19(15)29-28-21/h1-13H. The number of hydrogen-bond acceptors (Lipinski definition) is 3. The Morgan fingerprint density at radius 3 is 2.28 bits per heavy atom. The Bertz CT molecular complexity index is 1340. The van der Waals surface area contributed by atoms with Crippen LogP contribution in [0.1, 0.15) is 5.56 Å². The molecule has 0 N–H and O–H groups in total. The molecule has 29 heavy (non-hydrogen) atoms. The fourth-order valence-corrected chi connectivity index (χ4v) is 3.63. The number of pyridine rings is 1. The van der Waals surface area contributed by atoms with Crippen molar-refractivity contribution in [3.05, 3.63) is 84.6 Å². The molecule has 2 aromatic heterocycles. The van der Waals surface area contributed by atoms with Crippen molar-refractivity contribution in [1.29, 1.82) is 0 Å². The van der Waals surface area contributed by atoms with Crippen molar-refractivity contribution in [2.75, 3.05) is 0 Å². The molecule has 0 fully saturated rings. The maximum absolute atomic E-state index is 13.6. The van der Waals surface area contributed by atoms with Crippen molar-refractivity contribution < 1.29 is 17.7 Å². The van der Waals surface area contributed by atoms with E-state index in [4.69, 9.17) is 4.52 Å². The van der Waals surface area contributed by atoms with Crippen molar-refractivity contribution in [2.45, 2.75) is 6.18 Å². The highest BCUT2D eigenvalue weighted by Crippen LogP contribution is 2.42. The summed E-state index contributed by atoms with van der Waals surface area (Å²) in [6, 6.07) is 20.8. The molecule has 0 atom stereocenters. The molecule has 3 aromatic carbocycles. The summed E-state index contributed by atoms with van der Waals surface area (Å²) in [4.78, 5) is 4.19. The van der Waals surface area contributed by atoms with Gasteiger partial charge in [-0.15, -0.1) is 0 Å². The van der Waals surface area contributed by atoms with Gasteiger partial charge in [-0.2, -0.15) is 13.2 Å². The van der Waals surface area contributed by atoms with E-state index in [0.29, 0.717) is 27.8 Å². The van der Waals surface area contributed by atoms with E-state index < -0.39 is 11.7 Å². The molecule has 0 aliphatic rings. The molecule has 0 aliphatic carbocycles. The number of fused-ring (bicyclic) bond motifs is 2. The lowest BCUT2D eigenvalue weighted by Crippen LogP contribution is -2.07. The third kappa shape index (κ3) is 2.84. The van der Waals surface area contributed by atoms with Gasteiger partial charge in [0.25, 0.3) is 0 Å². The highest BCUT2D eigenvalue weighted by Gasteiger charge is 2.34. The quantitative estimate of drug-likeness (QED) is 0.335. The van der Waals surface area contributed by atoms with Crippen molar-refractivity contribution in [3.63, 3.8) is 0 Å². The smallest absolute Gasteiger partial charge is 0.356 e. The highest BCUT2D eigenvalue weighted by molar-refractivity contribution is 6.06. The molecule has 0 radical (unpaired) electrons. The molecule has 0 aliphatic heterocycles. The normalized spacial score (nSPS) is 12.0. The fourth-order valence-electron chi connectivity index (χ4n) is 3.63. The Balaban J connectivity index is 1.90. The summed E-state index contributed by atoms with van der Waals surface area (Å²) in [5, 5.41) is 5.38. The van der Waals surface area contributed by atoms with Gasteiger partial charge < -0.3 is 4.52 Å². The van der Waals surface area contributed by atoms with E-state index >= 15 is 0 Å². The molecule has 0 unspecified atom stereocenters. The van der Waals surface area contributed by atoms with Crippen LogP contribution in [0.3, 0.4) is 0 Å². The van der Waals surface area contributed by atoms with Gasteiger partial charge >= 0.3 is 6.18 Å². The Morgan fingerprint density at radius 1 is 0.759 bits per heavy atom. The zero-order valence-electron chi connectivity index (χ0n) is 14.9. The summed E-state index contributed by atoms with van der Waals surface area (Å²) >= 11 is 0. The van der Waals surface area contributed by atoms with Crippen molar-refractivity contribution in [1.82, 2.24) is 10.1 Å². The first-order chi connectivity index (χ1) is 14.0. The number of benzene rings is 3. The van der Waals surface area contributed by atoms with Gasteiger partial charge in [0, 0.05) is 28.1 Å². The second kappa shape index (κ2) is 6.44. The molecule has 5 rings (SSSR count). The third-order valence-corrected chi connectivity index (χ3v) is 4.90. The lowest BCUT2D eigenvalue weighted by Gasteiger charge is -2.15. The molecule has 0 saturated carbocycles. The maximum atomic E-state index is 13.6. The van der Waals surface area contributed by atoms with Crippen LogP contribution in [0.4, 0.5) is 13.2 Å². The summed E-state index contributed by atoms with van der Waals surface area (Å²) in [7, 11) is 0. The van der Waals surface area contributed by atoms with Gasteiger partial charge in [0.05, 0.1) is 11.1 Å². The first-order valence-electron chi connectivity index (χ1n) is 8.93. The molecule has 5 aromatic rings. The summed E-state index contributed by atoms with van der Waals surface area (Å²) in [6.07, 6.45) is -3.05.